The van der Waals surface area contributed by atoms with Crippen molar-refractivity contribution in [2.45, 2.75) is 19.9 Å². The SMILES string of the molecule is CCN(c1ccc(C(C)NC)cn1)c1ccccc1F. The number of pyridine rings is 1. The molecular formula is C16H20FN3. The molecule has 1 atom stereocenters. The summed E-state index contributed by atoms with van der Waals surface area (Å²) in [5.41, 5.74) is 1.66. The maximum Gasteiger partial charge on any atom is 0.146 e. The second-order valence-electron chi connectivity index (χ2n) is 4.66. The van der Waals surface area contributed by atoms with Crippen molar-refractivity contribution in [1.82, 2.24) is 10.3 Å². The molecule has 1 heterocycles. The van der Waals surface area contributed by atoms with E-state index in [1.165, 1.54) is 6.07 Å². The lowest BCUT2D eigenvalue weighted by Crippen LogP contribution is -2.19. The number of hydrogen-bond acceptors (Lipinski definition) is 3. The first-order valence-corrected chi connectivity index (χ1v) is 6.82. The fraction of sp³-hybridized carbons (Fsp3) is 0.312. The van der Waals surface area contributed by atoms with Gasteiger partial charge in [-0.1, -0.05) is 18.2 Å². The van der Waals surface area contributed by atoms with E-state index in [1.807, 2.05) is 43.3 Å². The van der Waals surface area contributed by atoms with Crippen LogP contribution in [0.2, 0.25) is 0 Å². The molecule has 1 unspecified atom stereocenters. The van der Waals surface area contributed by atoms with Gasteiger partial charge in [0.15, 0.2) is 0 Å². The van der Waals surface area contributed by atoms with Crippen molar-refractivity contribution in [3.63, 3.8) is 0 Å². The van der Waals surface area contributed by atoms with E-state index in [9.17, 15) is 4.39 Å². The first-order valence-electron chi connectivity index (χ1n) is 6.82. The van der Waals surface area contributed by atoms with Gasteiger partial charge in [-0.05, 0) is 44.7 Å². The third-order valence-corrected chi connectivity index (χ3v) is 3.44. The number of para-hydroxylation sites is 1. The summed E-state index contributed by atoms with van der Waals surface area (Å²) in [7, 11) is 1.91. The summed E-state index contributed by atoms with van der Waals surface area (Å²) < 4.78 is 13.9. The van der Waals surface area contributed by atoms with Crippen molar-refractivity contribution in [1.29, 1.82) is 0 Å². The highest BCUT2D eigenvalue weighted by Crippen LogP contribution is 2.26. The van der Waals surface area contributed by atoms with Crippen LogP contribution in [0.3, 0.4) is 0 Å². The lowest BCUT2D eigenvalue weighted by molar-refractivity contribution is 0.625. The molecule has 0 fully saturated rings. The van der Waals surface area contributed by atoms with Crippen molar-refractivity contribution >= 4 is 11.5 Å². The molecule has 0 radical (unpaired) electrons. The Labute approximate surface area is 119 Å². The molecule has 3 nitrogen and oxygen atoms in total. The summed E-state index contributed by atoms with van der Waals surface area (Å²) in [6, 6.07) is 11.0. The van der Waals surface area contributed by atoms with Gasteiger partial charge >= 0.3 is 0 Å². The van der Waals surface area contributed by atoms with Gasteiger partial charge in [-0.25, -0.2) is 9.37 Å². The molecule has 0 amide bonds. The van der Waals surface area contributed by atoms with Gasteiger partial charge in [0.05, 0.1) is 5.69 Å². The highest BCUT2D eigenvalue weighted by Gasteiger charge is 2.13. The van der Waals surface area contributed by atoms with Crippen LogP contribution >= 0.6 is 0 Å². The van der Waals surface area contributed by atoms with Crippen LogP contribution in [-0.2, 0) is 0 Å². The Bertz CT molecular complexity index is 554. The molecule has 0 aliphatic carbocycles. The third-order valence-electron chi connectivity index (χ3n) is 3.44. The smallest absolute Gasteiger partial charge is 0.146 e. The zero-order valence-electron chi connectivity index (χ0n) is 12.1. The monoisotopic (exact) mass is 273 g/mol. The van der Waals surface area contributed by atoms with Crippen LogP contribution in [0.25, 0.3) is 0 Å². The molecule has 0 saturated carbocycles. The van der Waals surface area contributed by atoms with Crippen molar-refractivity contribution in [3.05, 3.63) is 54.0 Å². The van der Waals surface area contributed by atoms with Crippen LogP contribution in [0.5, 0.6) is 0 Å². The minimum absolute atomic E-state index is 0.233. The van der Waals surface area contributed by atoms with Crippen molar-refractivity contribution in [3.8, 4) is 0 Å². The second kappa shape index (κ2) is 6.48. The molecular weight excluding hydrogens is 253 g/mol. The summed E-state index contributed by atoms with van der Waals surface area (Å²) in [5, 5.41) is 3.17. The van der Waals surface area contributed by atoms with Crippen LogP contribution in [0.1, 0.15) is 25.5 Å². The fourth-order valence-electron chi connectivity index (χ4n) is 2.11. The van der Waals surface area contributed by atoms with Crippen molar-refractivity contribution < 1.29 is 4.39 Å². The molecule has 1 aromatic carbocycles. The Morgan fingerprint density at radius 2 is 2.00 bits per heavy atom. The second-order valence-corrected chi connectivity index (χ2v) is 4.66. The first-order chi connectivity index (χ1) is 9.67. The summed E-state index contributed by atoms with van der Waals surface area (Å²) >= 11 is 0. The predicted octanol–water partition coefficient (Wildman–Crippen LogP) is 3.66. The molecule has 20 heavy (non-hydrogen) atoms. The van der Waals surface area contributed by atoms with Crippen LogP contribution in [0.15, 0.2) is 42.6 Å². The molecule has 2 aromatic rings. The summed E-state index contributed by atoms with van der Waals surface area (Å²) in [6.45, 7) is 4.72. The van der Waals surface area contributed by atoms with E-state index < -0.39 is 0 Å². The van der Waals surface area contributed by atoms with E-state index in [0.29, 0.717) is 12.2 Å². The molecule has 4 heteroatoms. The standard InChI is InChI=1S/C16H20FN3/c1-4-20(15-8-6-5-7-14(15)17)16-10-9-13(11-19-16)12(2)18-3/h5-12,18H,4H2,1-3H3. The number of halogens is 1. The van der Waals surface area contributed by atoms with E-state index in [-0.39, 0.29) is 11.9 Å². The quantitative estimate of drug-likeness (QED) is 0.901. The minimum atomic E-state index is -0.233. The maximum absolute atomic E-state index is 13.9. The molecule has 0 aliphatic heterocycles. The van der Waals surface area contributed by atoms with Gasteiger partial charge in [0.2, 0.25) is 0 Å². The molecule has 0 bridgehead atoms. The Kier molecular flexibility index (Phi) is 4.69. The minimum Gasteiger partial charge on any atom is -0.324 e. The molecule has 0 saturated heterocycles. The number of aromatic nitrogens is 1. The van der Waals surface area contributed by atoms with E-state index in [0.717, 1.165) is 11.4 Å². The van der Waals surface area contributed by atoms with E-state index in [2.05, 4.69) is 17.2 Å². The van der Waals surface area contributed by atoms with Crippen LogP contribution < -0.4 is 10.2 Å². The van der Waals surface area contributed by atoms with E-state index >= 15 is 0 Å². The number of rotatable bonds is 5. The summed E-state index contributed by atoms with van der Waals surface area (Å²) in [6.07, 6.45) is 1.83. The zero-order chi connectivity index (χ0) is 14.5. The van der Waals surface area contributed by atoms with Gasteiger partial charge < -0.3 is 10.2 Å². The number of nitrogens with one attached hydrogen (secondary N) is 1. The van der Waals surface area contributed by atoms with Gasteiger partial charge in [-0.2, -0.15) is 0 Å². The first kappa shape index (κ1) is 14.5. The normalized spacial score (nSPS) is 12.2. The number of nitrogens with zero attached hydrogens (tertiary/aromatic N) is 2. The Morgan fingerprint density at radius 1 is 1.25 bits per heavy atom. The van der Waals surface area contributed by atoms with Gasteiger partial charge in [-0.3, -0.25) is 0 Å². The number of anilines is 2. The van der Waals surface area contributed by atoms with Gasteiger partial charge in [-0.15, -0.1) is 0 Å². The summed E-state index contributed by atoms with van der Waals surface area (Å²) in [4.78, 5) is 6.32. The molecule has 106 valence electrons. The fourth-order valence-corrected chi connectivity index (χ4v) is 2.11. The number of hydrogen-bond donors (Lipinski definition) is 1. The molecule has 0 spiro atoms. The van der Waals surface area contributed by atoms with E-state index in [4.69, 9.17) is 0 Å². The van der Waals surface area contributed by atoms with Crippen LogP contribution in [-0.4, -0.2) is 18.6 Å². The topological polar surface area (TPSA) is 28.2 Å². The zero-order valence-corrected chi connectivity index (χ0v) is 12.1. The Hall–Kier alpha value is -1.94. The van der Waals surface area contributed by atoms with Crippen LogP contribution in [0, 0.1) is 5.82 Å². The highest BCUT2D eigenvalue weighted by atomic mass is 19.1. The van der Waals surface area contributed by atoms with E-state index in [1.54, 1.807) is 12.1 Å². The average Bonchev–Trinajstić information content (AvgIpc) is 2.50. The Balaban J connectivity index is 2.31. The highest BCUT2D eigenvalue weighted by molar-refractivity contribution is 5.60. The molecule has 1 aromatic heterocycles. The Morgan fingerprint density at radius 3 is 2.55 bits per heavy atom. The van der Waals surface area contributed by atoms with Crippen molar-refractivity contribution in [2.75, 3.05) is 18.5 Å². The molecule has 1 N–H and O–H groups in total. The van der Waals surface area contributed by atoms with Crippen molar-refractivity contribution in [2.24, 2.45) is 0 Å². The average molecular weight is 273 g/mol. The molecule has 2 rings (SSSR count). The third kappa shape index (κ3) is 2.96. The largest absolute Gasteiger partial charge is 0.324 e. The van der Waals surface area contributed by atoms with Gasteiger partial charge in [0.25, 0.3) is 0 Å². The van der Waals surface area contributed by atoms with Crippen LogP contribution in [0.4, 0.5) is 15.9 Å². The lowest BCUT2D eigenvalue weighted by Gasteiger charge is -2.23. The maximum atomic E-state index is 13.9. The van der Waals surface area contributed by atoms with Gasteiger partial charge in [0, 0.05) is 18.8 Å². The lowest BCUT2D eigenvalue weighted by atomic mass is 10.1. The number of benzene rings is 1. The van der Waals surface area contributed by atoms with Gasteiger partial charge in [0.1, 0.15) is 11.6 Å². The predicted molar refractivity (Wildman–Crippen MR) is 80.8 cm³/mol. The molecule has 0 aliphatic rings. The summed E-state index contributed by atoms with van der Waals surface area (Å²) in [5.74, 6) is 0.522.